The zero-order valence-corrected chi connectivity index (χ0v) is 14.6. The van der Waals surface area contributed by atoms with E-state index in [-0.39, 0.29) is 12.0 Å². The summed E-state index contributed by atoms with van der Waals surface area (Å²) in [6, 6.07) is -0.342. The van der Waals surface area contributed by atoms with Gasteiger partial charge in [0.25, 0.3) is 0 Å². The fourth-order valence-corrected chi connectivity index (χ4v) is 5.45. The van der Waals surface area contributed by atoms with E-state index in [0.717, 1.165) is 0 Å². The van der Waals surface area contributed by atoms with E-state index in [1.54, 1.807) is 0 Å². The van der Waals surface area contributed by atoms with Crippen LogP contribution in [-0.2, 0) is 18.9 Å². The van der Waals surface area contributed by atoms with Crippen LogP contribution in [0.5, 0.6) is 0 Å². The van der Waals surface area contributed by atoms with Crippen molar-refractivity contribution in [2.75, 3.05) is 19.3 Å². The summed E-state index contributed by atoms with van der Waals surface area (Å²) in [7, 11) is 0. The number of hydrogen-bond acceptors (Lipinski definition) is 5. The molecule has 0 aromatic heterocycles. The van der Waals surface area contributed by atoms with E-state index >= 15 is 0 Å². The predicted octanol–water partition coefficient (Wildman–Crippen LogP) is 3.93. The van der Waals surface area contributed by atoms with Crippen LogP contribution in [0, 0.1) is 17.8 Å². The van der Waals surface area contributed by atoms with Crippen molar-refractivity contribution in [2.45, 2.75) is 55.3 Å². The van der Waals surface area contributed by atoms with Crippen LogP contribution in [0.2, 0.25) is 0 Å². The number of ether oxygens (including phenoxy) is 4. The lowest BCUT2D eigenvalue weighted by Crippen LogP contribution is -2.66. The maximum atomic E-state index is 13.7. The summed E-state index contributed by atoms with van der Waals surface area (Å²) in [4.78, 5) is 11.7. The molecule has 5 fully saturated rings. The normalized spacial score (nSPS) is 41.7. The number of halogens is 5. The van der Waals surface area contributed by atoms with Gasteiger partial charge in [0.05, 0.1) is 0 Å². The van der Waals surface area contributed by atoms with Gasteiger partial charge < -0.3 is 18.9 Å². The van der Waals surface area contributed by atoms with Crippen LogP contribution in [-0.4, -0.2) is 48.7 Å². The van der Waals surface area contributed by atoms with Crippen LogP contribution in [0.15, 0.2) is 0 Å². The topological polar surface area (TPSA) is 54.0 Å². The van der Waals surface area contributed by atoms with Crippen LogP contribution in [0.4, 0.5) is 22.4 Å². The molecular weight excluding hydrogens is 384 g/mol. The van der Waals surface area contributed by atoms with Crippen molar-refractivity contribution in [1.29, 1.82) is 0 Å². The van der Waals surface area contributed by atoms with E-state index in [1.807, 2.05) is 0 Å². The second-order valence-electron chi connectivity index (χ2n) is 7.84. The molecule has 1 heterocycles. The Balaban J connectivity index is 1.58. The van der Waals surface area contributed by atoms with Crippen LogP contribution in [0.25, 0.3) is 0 Å². The molecule has 4 bridgehead atoms. The quantitative estimate of drug-likeness (QED) is 0.398. The highest BCUT2D eigenvalue weighted by Crippen LogP contribution is 2.63. The van der Waals surface area contributed by atoms with E-state index in [1.165, 1.54) is 0 Å². The van der Waals surface area contributed by atoms with Gasteiger partial charge in [-0.05, 0) is 38.0 Å². The third-order valence-electron chi connectivity index (χ3n) is 6.24. The number of carbonyl (C=O) groups is 1. The summed E-state index contributed by atoms with van der Waals surface area (Å²) in [6.07, 6.45) is 1.53. The Labute approximate surface area is 152 Å². The molecule has 2 unspecified atom stereocenters. The Hall–Kier alpha value is -0.800. The lowest BCUT2D eigenvalue weighted by atomic mass is 9.51. The molecule has 0 aromatic carbocycles. The molecule has 5 aliphatic rings. The van der Waals surface area contributed by atoms with Crippen molar-refractivity contribution in [2.24, 2.45) is 17.8 Å². The lowest BCUT2D eigenvalue weighted by molar-refractivity contribution is -0.354. The van der Waals surface area contributed by atoms with Gasteiger partial charge in [0.15, 0.2) is 11.9 Å². The number of carbonyl (C=O) groups excluding carboxylic acids is 1. The van der Waals surface area contributed by atoms with Crippen LogP contribution in [0.3, 0.4) is 0 Å². The molecule has 0 aromatic rings. The molecule has 4 aliphatic carbocycles. The molecule has 2 atom stereocenters. The maximum Gasteiger partial charge on any atom is 0.510 e. The zero-order valence-electron chi connectivity index (χ0n) is 13.8. The number of alkyl halides is 5. The van der Waals surface area contributed by atoms with Gasteiger partial charge in [-0.15, -0.1) is 0 Å². The summed E-state index contributed by atoms with van der Waals surface area (Å²) in [5.74, 6) is -10.7. The predicted molar refractivity (Wildman–Crippen MR) is 79.1 cm³/mol. The smallest absolute Gasteiger partial charge is 0.428 e. The van der Waals surface area contributed by atoms with Crippen molar-refractivity contribution in [1.82, 2.24) is 0 Å². The monoisotopic (exact) mass is 402 g/mol. The molecule has 4 saturated carbocycles. The third-order valence-corrected chi connectivity index (χ3v) is 6.35. The Kier molecular flexibility index (Phi) is 4.17. The fraction of sp³-hybridized carbons (Fsp3) is 0.938. The first-order valence-electron chi connectivity index (χ1n) is 8.57. The number of hydrogen-bond donors (Lipinski definition) is 0. The minimum absolute atomic E-state index is 0.193. The van der Waals surface area contributed by atoms with Gasteiger partial charge in [0.2, 0.25) is 0 Å². The fourth-order valence-electron chi connectivity index (χ4n) is 5.36. The van der Waals surface area contributed by atoms with Gasteiger partial charge in [-0.2, -0.15) is 17.6 Å². The molecule has 0 radical (unpaired) electrons. The number of rotatable bonds is 2. The minimum atomic E-state index is -4.29. The molecule has 1 aliphatic heterocycles. The summed E-state index contributed by atoms with van der Waals surface area (Å²) in [5.41, 5.74) is -0.811. The molecular formula is C16H19ClF4O5. The highest BCUT2D eigenvalue weighted by Gasteiger charge is 2.69. The zero-order chi connectivity index (χ0) is 18.8. The molecule has 10 heteroatoms. The molecule has 0 amide bonds. The average molecular weight is 403 g/mol. The molecule has 26 heavy (non-hydrogen) atoms. The van der Waals surface area contributed by atoms with Crippen LogP contribution < -0.4 is 0 Å². The SMILES string of the molecule is O=C(OCCl)OC12CC3CC(C1)C1(OCC(F)(F)C(F)(F)CO1)C(C3)C2. The molecule has 1 spiro atoms. The van der Waals surface area contributed by atoms with Crippen LogP contribution >= 0.6 is 11.6 Å². The molecule has 5 rings (SSSR count). The Bertz CT molecular complexity index is 565. The Morgan fingerprint density at radius 2 is 1.54 bits per heavy atom. The molecule has 5 nitrogen and oxygen atoms in total. The summed E-state index contributed by atoms with van der Waals surface area (Å²) in [5, 5.41) is 0. The first-order valence-corrected chi connectivity index (χ1v) is 9.10. The third kappa shape index (κ3) is 2.69. The summed E-state index contributed by atoms with van der Waals surface area (Å²) >= 11 is 5.37. The molecule has 1 saturated heterocycles. The molecule has 0 N–H and O–H groups in total. The first kappa shape index (κ1) is 18.6. The maximum absolute atomic E-state index is 13.7. The van der Waals surface area contributed by atoms with Crippen molar-refractivity contribution in [3.05, 3.63) is 0 Å². The Morgan fingerprint density at radius 1 is 1.00 bits per heavy atom. The minimum Gasteiger partial charge on any atom is -0.428 e. The van der Waals surface area contributed by atoms with Gasteiger partial charge in [0, 0.05) is 11.8 Å². The highest BCUT2D eigenvalue weighted by molar-refractivity contribution is 6.17. The van der Waals surface area contributed by atoms with E-state index in [9.17, 15) is 22.4 Å². The van der Waals surface area contributed by atoms with E-state index in [2.05, 4.69) is 4.74 Å². The van der Waals surface area contributed by atoms with Gasteiger partial charge in [-0.25, -0.2) is 4.79 Å². The second kappa shape index (κ2) is 5.85. The molecule has 148 valence electrons. The Morgan fingerprint density at radius 3 is 2.04 bits per heavy atom. The van der Waals surface area contributed by atoms with Crippen molar-refractivity contribution in [3.63, 3.8) is 0 Å². The van der Waals surface area contributed by atoms with Crippen molar-refractivity contribution < 1.29 is 41.3 Å². The highest BCUT2D eigenvalue weighted by atomic mass is 35.5. The van der Waals surface area contributed by atoms with Gasteiger partial charge in [0.1, 0.15) is 18.8 Å². The second-order valence-corrected chi connectivity index (χ2v) is 8.06. The van der Waals surface area contributed by atoms with Gasteiger partial charge in [-0.3, -0.25) is 0 Å². The van der Waals surface area contributed by atoms with Crippen molar-refractivity contribution >= 4 is 17.8 Å². The average Bonchev–Trinajstić information content (AvgIpc) is 2.61. The first-order chi connectivity index (χ1) is 12.1. The van der Waals surface area contributed by atoms with E-state index in [0.29, 0.717) is 32.1 Å². The van der Waals surface area contributed by atoms with Gasteiger partial charge >= 0.3 is 18.0 Å². The summed E-state index contributed by atoms with van der Waals surface area (Å²) < 4.78 is 75.7. The lowest BCUT2D eigenvalue weighted by Gasteiger charge is -2.62. The summed E-state index contributed by atoms with van der Waals surface area (Å²) in [6.45, 7) is -2.78. The largest absolute Gasteiger partial charge is 0.510 e. The van der Waals surface area contributed by atoms with E-state index < -0.39 is 54.4 Å². The van der Waals surface area contributed by atoms with Crippen molar-refractivity contribution in [3.8, 4) is 0 Å². The van der Waals surface area contributed by atoms with Crippen LogP contribution in [0.1, 0.15) is 32.1 Å². The van der Waals surface area contributed by atoms with E-state index in [4.69, 9.17) is 25.8 Å². The standard InChI is InChI=1S/C16H19ClF4O5/c17-8-23-12(22)26-13-3-9-1-10(4-13)16(11(2-9)5-13)24-6-14(18,19)15(20,21)7-25-16/h9-11H,1-8H2. The van der Waals surface area contributed by atoms with Gasteiger partial charge in [-0.1, -0.05) is 11.6 Å².